The van der Waals surface area contributed by atoms with Crippen molar-refractivity contribution in [2.75, 3.05) is 11.5 Å². The van der Waals surface area contributed by atoms with E-state index in [0.717, 1.165) is 42.4 Å². The van der Waals surface area contributed by atoms with E-state index in [1.807, 2.05) is 29.9 Å². The average molecular weight is 602 g/mol. The van der Waals surface area contributed by atoms with Gasteiger partial charge in [0.25, 0.3) is 5.56 Å². The predicted octanol–water partition coefficient (Wildman–Crippen LogP) is 6.68. The fraction of sp³-hybridized carbons (Fsp3) is 0.552. The first-order valence-corrected chi connectivity index (χ1v) is 18.7. The van der Waals surface area contributed by atoms with Crippen molar-refractivity contribution in [3.8, 4) is 11.1 Å². The van der Waals surface area contributed by atoms with Crippen molar-refractivity contribution in [2.45, 2.75) is 77.1 Å². The molecule has 3 aromatic heterocycles. The summed E-state index contributed by atoms with van der Waals surface area (Å²) in [7, 11) is 2.39. The molecule has 0 saturated carbocycles. The van der Waals surface area contributed by atoms with Crippen molar-refractivity contribution in [1.82, 2.24) is 23.9 Å². The van der Waals surface area contributed by atoms with Crippen LogP contribution in [0.2, 0.25) is 35.9 Å². The molecule has 2 aliphatic rings. The summed E-state index contributed by atoms with van der Waals surface area (Å²) in [5.74, 6) is 1.40. The van der Waals surface area contributed by atoms with Gasteiger partial charge in [-0.15, -0.1) is 0 Å². The number of benzene rings is 1. The summed E-state index contributed by atoms with van der Waals surface area (Å²) in [5, 5.41) is 6.62. The van der Waals surface area contributed by atoms with Gasteiger partial charge in [-0.05, 0) is 37.3 Å². The molecule has 5 heterocycles. The summed E-state index contributed by atoms with van der Waals surface area (Å²) < 4.78 is 11.5. The fourth-order valence-electron chi connectivity index (χ4n) is 6.66. The zero-order chi connectivity index (χ0) is 28.5. The number of halogens is 2. The Morgan fingerprint density at radius 3 is 2.58 bits per heavy atom. The number of nitrogens with zero attached hydrogens (tertiary/aromatic N) is 6. The van der Waals surface area contributed by atoms with Gasteiger partial charge < -0.3 is 14.2 Å². The van der Waals surface area contributed by atoms with Crippen LogP contribution in [0, 0.1) is 5.92 Å². The molecule has 0 aliphatic carbocycles. The highest BCUT2D eigenvalue weighted by Crippen LogP contribution is 2.45. The molecule has 2 bridgehead atoms. The second kappa shape index (κ2) is 10.2. The van der Waals surface area contributed by atoms with Crippen LogP contribution in [-0.2, 0) is 25.6 Å². The third-order valence-corrected chi connectivity index (χ3v) is 11.4. The van der Waals surface area contributed by atoms with Crippen molar-refractivity contribution in [3.63, 3.8) is 0 Å². The molecule has 0 radical (unpaired) electrons. The molecule has 0 N–H and O–H groups in total. The number of fused-ring (bicyclic) bond motifs is 4. The third-order valence-electron chi connectivity index (χ3n) is 8.88. The number of anilines is 1. The summed E-state index contributed by atoms with van der Waals surface area (Å²) in [4.78, 5) is 21.8. The number of aromatic nitrogens is 5. The molecule has 11 heteroatoms. The smallest absolute Gasteiger partial charge is 0.264 e. The molecular weight excluding hydrogens is 563 g/mol. The summed E-state index contributed by atoms with van der Waals surface area (Å²) in [5.41, 5.74) is 2.72. The molecule has 1 aromatic carbocycles. The monoisotopic (exact) mass is 600 g/mol. The number of aryl methyl sites for hydroxylation is 1. The number of hydrogen-bond donors (Lipinski definition) is 0. The number of rotatable bonds is 8. The number of hydrogen-bond acceptors (Lipinski definition) is 5. The van der Waals surface area contributed by atoms with Gasteiger partial charge in [0.05, 0.1) is 21.3 Å². The van der Waals surface area contributed by atoms with Crippen LogP contribution in [0.4, 0.5) is 5.95 Å². The van der Waals surface area contributed by atoms with Crippen LogP contribution in [0.15, 0.2) is 23.1 Å². The lowest BCUT2D eigenvalue weighted by atomic mass is 9.87. The minimum Gasteiger partial charge on any atom is -0.361 e. The Balaban J connectivity index is 1.51. The molecule has 6 rings (SSSR count). The molecule has 4 aromatic rings. The van der Waals surface area contributed by atoms with E-state index in [0.29, 0.717) is 63.5 Å². The van der Waals surface area contributed by atoms with Gasteiger partial charge in [0, 0.05) is 58.2 Å². The summed E-state index contributed by atoms with van der Waals surface area (Å²) in [6, 6.07) is 5.75. The minimum atomic E-state index is -1.24. The van der Waals surface area contributed by atoms with Gasteiger partial charge in [-0.2, -0.15) is 10.1 Å². The van der Waals surface area contributed by atoms with Crippen LogP contribution in [0.25, 0.3) is 33.1 Å². The zero-order valence-corrected chi connectivity index (χ0v) is 26.7. The maximum absolute atomic E-state index is 14.2. The Morgan fingerprint density at radius 2 is 1.88 bits per heavy atom. The van der Waals surface area contributed by atoms with Crippen molar-refractivity contribution in [1.29, 1.82) is 0 Å². The van der Waals surface area contributed by atoms with Gasteiger partial charge in [-0.25, -0.2) is 0 Å². The minimum absolute atomic E-state index is 0.0800. The first-order valence-electron chi connectivity index (χ1n) is 14.3. The maximum Gasteiger partial charge on any atom is 0.264 e. The Kier molecular flexibility index (Phi) is 7.08. The van der Waals surface area contributed by atoms with Gasteiger partial charge in [0.15, 0.2) is 5.65 Å². The zero-order valence-electron chi connectivity index (χ0n) is 24.2. The Labute approximate surface area is 245 Å². The van der Waals surface area contributed by atoms with E-state index in [1.165, 1.54) is 6.42 Å². The van der Waals surface area contributed by atoms with Crippen LogP contribution in [0.1, 0.15) is 32.6 Å². The molecule has 0 spiro atoms. The average Bonchev–Trinajstić information content (AvgIpc) is 3.64. The Bertz CT molecular complexity index is 1670. The van der Waals surface area contributed by atoms with Crippen LogP contribution in [0.3, 0.4) is 0 Å². The van der Waals surface area contributed by atoms with Gasteiger partial charge in [-0.3, -0.25) is 14.0 Å². The lowest BCUT2D eigenvalue weighted by molar-refractivity contribution is 0.0899. The molecule has 2 saturated heterocycles. The second-order valence-electron chi connectivity index (χ2n) is 12.7. The highest BCUT2D eigenvalue weighted by Gasteiger charge is 2.47. The quantitative estimate of drug-likeness (QED) is 0.167. The highest BCUT2D eigenvalue weighted by molar-refractivity contribution is 6.76. The van der Waals surface area contributed by atoms with Crippen molar-refractivity contribution < 1.29 is 4.74 Å². The SMILES string of the molecule is CC[C@@H]1C[C@@H]2CC[C@H]1N2c1nc2c(c(-c3ccc4nn(C)c(Cl)c4c3Cl)cn2COCC[Si](C)(C)C)c(=O)n1C. The van der Waals surface area contributed by atoms with Crippen molar-refractivity contribution in [3.05, 3.63) is 38.9 Å². The van der Waals surface area contributed by atoms with E-state index in [-0.39, 0.29) is 5.56 Å². The van der Waals surface area contributed by atoms with Gasteiger partial charge in [0.2, 0.25) is 5.95 Å². The lowest BCUT2D eigenvalue weighted by Gasteiger charge is -2.26. The topological polar surface area (TPSA) is 70.1 Å². The van der Waals surface area contributed by atoms with E-state index >= 15 is 0 Å². The lowest BCUT2D eigenvalue weighted by Crippen LogP contribution is -2.36. The normalized spacial score (nSPS) is 21.0. The summed E-state index contributed by atoms with van der Waals surface area (Å²) >= 11 is 13.5. The van der Waals surface area contributed by atoms with Crippen LogP contribution in [-0.4, -0.2) is 50.7 Å². The van der Waals surface area contributed by atoms with Gasteiger partial charge >= 0.3 is 0 Å². The Morgan fingerprint density at radius 1 is 1.10 bits per heavy atom. The summed E-state index contributed by atoms with van der Waals surface area (Å²) in [6.07, 6.45) is 6.59. The first kappa shape index (κ1) is 27.8. The summed E-state index contributed by atoms with van der Waals surface area (Å²) in [6.45, 7) is 10.3. The van der Waals surface area contributed by atoms with E-state index in [4.69, 9.17) is 32.9 Å². The Hall–Kier alpha value is -2.33. The molecule has 0 amide bonds. The third kappa shape index (κ3) is 4.49. The predicted molar refractivity (Wildman–Crippen MR) is 166 cm³/mol. The molecule has 0 unspecified atom stereocenters. The standard InChI is InChI=1S/C29H38Cl2N6O2Si/c1-7-17-14-18-8-11-22(17)37(18)29-32-27-23(28(38)34(29)2)20(15-36(27)16-39-12-13-40(4,5)6)19-9-10-21-24(25(19)30)26(31)35(3)33-21/h9-10,15,17-18,22H,7-8,11-14,16H2,1-6H3/t17-,18+,22-/m1/s1. The van der Waals surface area contributed by atoms with Crippen LogP contribution >= 0.6 is 23.2 Å². The van der Waals surface area contributed by atoms with Crippen molar-refractivity contribution >= 4 is 59.2 Å². The van der Waals surface area contributed by atoms with Gasteiger partial charge in [0.1, 0.15) is 11.9 Å². The maximum atomic E-state index is 14.2. The largest absolute Gasteiger partial charge is 0.361 e. The van der Waals surface area contributed by atoms with E-state index in [2.05, 4.69) is 36.6 Å². The fourth-order valence-corrected chi connectivity index (χ4v) is 8.05. The molecule has 40 heavy (non-hydrogen) atoms. The molecule has 214 valence electrons. The van der Waals surface area contributed by atoms with E-state index in [1.54, 1.807) is 16.3 Å². The second-order valence-corrected chi connectivity index (χ2v) is 19.0. The molecule has 8 nitrogen and oxygen atoms in total. The molecule has 2 fully saturated rings. The van der Waals surface area contributed by atoms with Crippen LogP contribution in [0.5, 0.6) is 0 Å². The highest BCUT2D eigenvalue weighted by atomic mass is 35.5. The molecular formula is C29H38Cl2N6O2Si. The molecule has 2 aliphatic heterocycles. The van der Waals surface area contributed by atoms with E-state index < -0.39 is 8.07 Å². The van der Waals surface area contributed by atoms with E-state index in [9.17, 15) is 4.79 Å². The molecule has 3 atom stereocenters. The van der Waals surface area contributed by atoms with Crippen molar-refractivity contribution in [2.24, 2.45) is 20.0 Å². The first-order chi connectivity index (χ1) is 19.0. The number of ether oxygens (including phenoxy) is 1. The van der Waals surface area contributed by atoms with Gasteiger partial charge in [-0.1, -0.05) is 62.3 Å². The van der Waals surface area contributed by atoms with Crippen LogP contribution < -0.4 is 10.5 Å².